The maximum atomic E-state index is 13.1. The second-order valence-corrected chi connectivity index (χ2v) is 6.22. The highest BCUT2D eigenvalue weighted by Gasteiger charge is 2.02. The Bertz CT molecular complexity index is 530. The molecule has 2 aromatic rings. The van der Waals surface area contributed by atoms with Gasteiger partial charge in [0.15, 0.2) is 0 Å². The Balaban J connectivity index is 1.73. The van der Waals surface area contributed by atoms with Crippen molar-refractivity contribution in [3.63, 3.8) is 0 Å². The second-order valence-electron chi connectivity index (χ2n) is 4.31. The van der Waals surface area contributed by atoms with Crippen molar-refractivity contribution < 1.29 is 4.39 Å². The first kappa shape index (κ1) is 14.5. The summed E-state index contributed by atoms with van der Waals surface area (Å²) in [5.41, 5.74) is 0.903. The fraction of sp³-hybridized carbons (Fsp3) is 0.286. The van der Waals surface area contributed by atoms with E-state index in [1.165, 1.54) is 10.9 Å². The molecule has 0 spiro atoms. The highest BCUT2D eigenvalue weighted by Crippen LogP contribution is 2.19. The molecule has 0 atom stereocenters. The summed E-state index contributed by atoms with van der Waals surface area (Å²) in [7, 11) is 1.97. The van der Waals surface area contributed by atoms with E-state index >= 15 is 0 Å². The molecule has 102 valence electrons. The predicted molar refractivity (Wildman–Crippen MR) is 83.4 cm³/mol. The Morgan fingerprint density at radius 1 is 1.37 bits per heavy atom. The van der Waals surface area contributed by atoms with Crippen molar-refractivity contribution in [2.24, 2.45) is 0 Å². The van der Waals surface area contributed by atoms with Gasteiger partial charge in [-0.3, -0.25) is 0 Å². The fourth-order valence-electron chi connectivity index (χ4n) is 1.75. The van der Waals surface area contributed by atoms with Crippen LogP contribution < -0.4 is 10.2 Å². The molecule has 1 N–H and O–H groups in total. The van der Waals surface area contributed by atoms with E-state index in [2.05, 4.69) is 32.7 Å². The standard InChI is InChI=1S/C14H16BrFN2S/c1-18(13-4-2-3-12(16)8-13)6-5-17-9-14-7-11(15)10-19-14/h2-4,7-8,10,17H,5-6,9H2,1H3. The first-order valence-corrected chi connectivity index (χ1v) is 7.73. The summed E-state index contributed by atoms with van der Waals surface area (Å²) in [5.74, 6) is -0.194. The monoisotopic (exact) mass is 342 g/mol. The van der Waals surface area contributed by atoms with E-state index in [0.29, 0.717) is 0 Å². The Kier molecular flexibility index (Phi) is 5.36. The van der Waals surface area contributed by atoms with Crippen LogP contribution >= 0.6 is 27.3 Å². The van der Waals surface area contributed by atoms with Crippen molar-refractivity contribution in [2.45, 2.75) is 6.54 Å². The average molecular weight is 343 g/mol. The number of halogens is 2. The van der Waals surface area contributed by atoms with Gasteiger partial charge in [0.1, 0.15) is 5.82 Å². The molecule has 1 aromatic carbocycles. The smallest absolute Gasteiger partial charge is 0.125 e. The van der Waals surface area contributed by atoms with E-state index in [0.717, 1.165) is 29.8 Å². The molecule has 0 aliphatic rings. The summed E-state index contributed by atoms with van der Waals surface area (Å²) in [5, 5.41) is 5.46. The van der Waals surface area contributed by atoms with Crippen LogP contribution in [0.2, 0.25) is 0 Å². The maximum absolute atomic E-state index is 13.1. The third-order valence-electron chi connectivity index (χ3n) is 2.79. The zero-order valence-electron chi connectivity index (χ0n) is 10.7. The predicted octanol–water partition coefficient (Wildman–Crippen LogP) is 3.88. The van der Waals surface area contributed by atoms with Gasteiger partial charge in [-0.05, 0) is 40.2 Å². The third kappa shape index (κ3) is 4.60. The molecular weight excluding hydrogens is 327 g/mol. The van der Waals surface area contributed by atoms with Crippen LogP contribution in [-0.4, -0.2) is 20.1 Å². The summed E-state index contributed by atoms with van der Waals surface area (Å²) in [6.07, 6.45) is 0. The number of nitrogens with zero attached hydrogens (tertiary/aromatic N) is 1. The highest BCUT2D eigenvalue weighted by molar-refractivity contribution is 9.10. The number of hydrogen-bond donors (Lipinski definition) is 1. The lowest BCUT2D eigenvalue weighted by Crippen LogP contribution is -2.28. The number of anilines is 1. The average Bonchev–Trinajstić information content (AvgIpc) is 2.80. The minimum atomic E-state index is -0.194. The number of nitrogens with one attached hydrogen (secondary N) is 1. The molecule has 2 rings (SSSR count). The fourth-order valence-corrected chi connectivity index (χ4v) is 3.17. The lowest BCUT2D eigenvalue weighted by Gasteiger charge is -2.19. The molecule has 1 aromatic heterocycles. The van der Waals surface area contributed by atoms with Crippen molar-refractivity contribution in [3.8, 4) is 0 Å². The van der Waals surface area contributed by atoms with Gasteiger partial charge in [-0.25, -0.2) is 4.39 Å². The lowest BCUT2D eigenvalue weighted by molar-refractivity contribution is 0.626. The summed E-state index contributed by atoms with van der Waals surface area (Å²) < 4.78 is 14.2. The van der Waals surface area contributed by atoms with Gasteiger partial charge in [0.05, 0.1) is 0 Å². The van der Waals surface area contributed by atoms with Gasteiger partial charge in [0.2, 0.25) is 0 Å². The van der Waals surface area contributed by atoms with Crippen molar-refractivity contribution in [2.75, 3.05) is 25.0 Å². The molecule has 19 heavy (non-hydrogen) atoms. The molecule has 0 aliphatic heterocycles. The molecule has 0 aliphatic carbocycles. The Labute approximate surface area is 125 Å². The molecule has 2 nitrogen and oxygen atoms in total. The number of rotatable bonds is 6. The van der Waals surface area contributed by atoms with Crippen LogP contribution in [0.4, 0.5) is 10.1 Å². The van der Waals surface area contributed by atoms with E-state index in [1.807, 2.05) is 18.0 Å². The first-order valence-electron chi connectivity index (χ1n) is 6.05. The van der Waals surface area contributed by atoms with Crippen molar-refractivity contribution in [3.05, 3.63) is 50.9 Å². The van der Waals surface area contributed by atoms with E-state index in [1.54, 1.807) is 23.5 Å². The van der Waals surface area contributed by atoms with Gasteiger partial charge in [-0.1, -0.05) is 6.07 Å². The Morgan fingerprint density at radius 3 is 2.89 bits per heavy atom. The molecular formula is C14H16BrFN2S. The normalized spacial score (nSPS) is 10.7. The number of benzene rings is 1. The summed E-state index contributed by atoms with van der Waals surface area (Å²) in [6, 6.07) is 8.78. The van der Waals surface area contributed by atoms with Crippen molar-refractivity contribution in [1.29, 1.82) is 0 Å². The molecule has 1 heterocycles. The quantitative estimate of drug-likeness (QED) is 0.801. The number of likely N-dealkylation sites (N-methyl/N-ethyl adjacent to an activating group) is 1. The minimum Gasteiger partial charge on any atom is -0.373 e. The highest BCUT2D eigenvalue weighted by atomic mass is 79.9. The molecule has 0 radical (unpaired) electrons. The van der Waals surface area contributed by atoms with Crippen LogP contribution in [0.25, 0.3) is 0 Å². The molecule has 0 saturated heterocycles. The lowest BCUT2D eigenvalue weighted by atomic mass is 10.3. The molecule has 5 heteroatoms. The molecule has 0 fully saturated rings. The van der Waals surface area contributed by atoms with Crippen LogP contribution in [0, 0.1) is 5.82 Å². The van der Waals surface area contributed by atoms with Gasteiger partial charge in [-0.2, -0.15) is 0 Å². The molecule has 0 bridgehead atoms. The van der Waals surface area contributed by atoms with Gasteiger partial charge >= 0.3 is 0 Å². The first-order chi connectivity index (χ1) is 9.15. The molecule has 0 unspecified atom stereocenters. The van der Waals surface area contributed by atoms with Crippen molar-refractivity contribution >= 4 is 33.0 Å². The van der Waals surface area contributed by atoms with Crippen LogP contribution in [0.5, 0.6) is 0 Å². The Hall–Kier alpha value is -0.910. The number of thiophene rings is 1. The van der Waals surface area contributed by atoms with Gasteiger partial charge < -0.3 is 10.2 Å². The van der Waals surface area contributed by atoms with Gasteiger partial charge in [-0.15, -0.1) is 11.3 Å². The van der Waals surface area contributed by atoms with E-state index in [4.69, 9.17) is 0 Å². The Morgan fingerprint density at radius 2 is 2.21 bits per heavy atom. The minimum absolute atomic E-state index is 0.194. The largest absolute Gasteiger partial charge is 0.373 e. The SMILES string of the molecule is CN(CCNCc1cc(Br)cs1)c1cccc(F)c1. The molecule has 0 amide bonds. The molecule has 0 saturated carbocycles. The zero-order chi connectivity index (χ0) is 13.7. The van der Waals surface area contributed by atoms with E-state index < -0.39 is 0 Å². The second kappa shape index (κ2) is 7.03. The zero-order valence-corrected chi connectivity index (χ0v) is 13.1. The topological polar surface area (TPSA) is 15.3 Å². The van der Waals surface area contributed by atoms with Gasteiger partial charge in [0, 0.05) is 47.1 Å². The summed E-state index contributed by atoms with van der Waals surface area (Å²) in [4.78, 5) is 3.35. The van der Waals surface area contributed by atoms with Crippen LogP contribution in [0.15, 0.2) is 40.2 Å². The summed E-state index contributed by atoms with van der Waals surface area (Å²) >= 11 is 5.17. The van der Waals surface area contributed by atoms with Crippen LogP contribution in [0.1, 0.15) is 4.88 Å². The maximum Gasteiger partial charge on any atom is 0.125 e. The number of hydrogen-bond acceptors (Lipinski definition) is 3. The van der Waals surface area contributed by atoms with E-state index in [-0.39, 0.29) is 5.82 Å². The third-order valence-corrected chi connectivity index (χ3v) is 4.49. The van der Waals surface area contributed by atoms with Crippen LogP contribution in [-0.2, 0) is 6.54 Å². The van der Waals surface area contributed by atoms with Crippen LogP contribution in [0.3, 0.4) is 0 Å². The van der Waals surface area contributed by atoms with Gasteiger partial charge in [0.25, 0.3) is 0 Å². The van der Waals surface area contributed by atoms with Crippen molar-refractivity contribution in [1.82, 2.24) is 5.32 Å². The summed E-state index contributed by atoms with van der Waals surface area (Å²) in [6.45, 7) is 2.58. The van der Waals surface area contributed by atoms with E-state index in [9.17, 15) is 4.39 Å².